The van der Waals surface area contributed by atoms with Gasteiger partial charge in [-0.2, -0.15) is 9.98 Å². The Balaban J connectivity index is 2.81. The molecule has 0 unspecified atom stereocenters. The van der Waals surface area contributed by atoms with Crippen LogP contribution in [0.5, 0.6) is 0 Å². The summed E-state index contributed by atoms with van der Waals surface area (Å²) in [6.07, 6.45) is 0. The smallest absolute Gasteiger partial charge is 0.101 e. The maximum Gasteiger partial charge on any atom is 0.101 e. The molecule has 35 heavy (non-hydrogen) atoms. The summed E-state index contributed by atoms with van der Waals surface area (Å²) in [6, 6.07) is 12.5. The van der Waals surface area contributed by atoms with Gasteiger partial charge in [0.15, 0.2) is 0 Å². The third-order valence-corrected chi connectivity index (χ3v) is 6.88. The van der Waals surface area contributed by atoms with E-state index in [1.807, 2.05) is 0 Å². The van der Waals surface area contributed by atoms with Crippen molar-refractivity contribution < 1.29 is 0 Å². The molecule has 0 N–H and O–H groups in total. The molecule has 0 spiro atoms. The Hall–Kier alpha value is -2.18. The van der Waals surface area contributed by atoms with E-state index in [-0.39, 0.29) is 10.8 Å². The van der Waals surface area contributed by atoms with Crippen molar-refractivity contribution in [1.29, 1.82) is 0 Å². The number of nitrogens with zero attached hydrogens (tertiary/aromatic N) is 2. The van der Waals surface area contributed by atoms with Gasteiger partial charge < -0.3 is 0 Å². The highest BCUT2D eigenvalue weighted by Gasteiger charge is 2.23. The van der Waals surface area contributed by atoms with E-state index >= 15 is 0 Å². The van der Waals surface area contributed by atoms with Crippen LogP contribution < -0.4 is 0 Å². The zero-order chi connectivity index (χ0) is 26.9. The number of benzene rings is 2. The number of aliphatic imine (C=N–C) groups is 2. The van der Waals surface area contributed by atoms with E-state index < -0.39 is 0 Å². The van der Waals surface area contributed by atoms with Gasteiger partial charge in [0.25, 0.3) is 0 Å². The van der Waals surface area contributed by atoms with Crippen molar-refractivity contribution in [1.82, 2.24) is 0 Å². The molecule has 2 aromatic carbocycles. The minimum Gasteiger partial charge on any atom is -0.187 e. The van der Waals surface area contributed by atoms with Crippen molar-refractivity contribution >= 4 is 17.4 Å². The van der Waals surface area contributed by atoms with Crippen LogP contribution in [0.25, 0.3) is 0 Å². The van der Waals surface area contributed by atoms with E-state index in [1.54, 1.807) is 0 Å². The zero-order valence-electron chi connectivity index (χ0n) is 25.0. The lowest BCUT2D eigenvalue weighted by Gasteiger charge is -2.25. The molecule has 0 atom stereocenters. The Bertz CT molecular complexity index is 949. The van der Waals surface area contributed by atoms with Crippen LogP contribution in [0, 0.1) is 0 Å². The third kappa shape index (κ3) is 6.95. The predicted octanol–water partition coefficient (Wildman–Crippen LogP) is 10.9. The molecule has 0 fully saturated rings. The van der Waals surface area contributed by atoms with Crippen LogP contribution in [-0.2, 0) is 10.8 Å². The van der Waals surface area contributed by atoms with Crippen LogP contribution in [0.1, 0.15) is 154 Å². The Morgan fingerprint density at radius 1 is 0.486 bits per heavy atom. The Labute approximate surface area is 216 Å². The van der Waals surface area contributed by atoms with Gasteiger partial charge in [-0.3, -0.25) is 0 Å². The van der Waals surface area contributed by atoms with Crippen LogP contribution in [0.15, 0.2) is 34.3 Å². The summed E-state index contributed by atoms with van der Waals surface area (Å²) < 4.78 is 0. The molecule has 2 heteroatoms. The monoisotopic (exact) mass is 474 g/mol. The van der Waals surface area contributed by atoms with E-state index in [0.29, 0.717) is 23.7 Å². The van der Waals surface area contributed by atoms with Crippen molar-refractivity contribution in [2.75, 3.05) is 0 Å². The van der Waals surface area contributed by atoms with E-state index in [2.05, 4.69) is 127 Å². The summed E-state index contributed by atoms with van der Waals surface area (Å²) in [6.45, 7) is 31.7. The minimum absolute atomic E-state index is 0.0940. The summed E-state index contributed by atoms with van der Waals surface area (Å²) in [7, 11) is 0. The maximum absolute atomic E-state index is 4.92. The van der Waals surface area contributed by atoms with Gasteiger partial charge in [0, 0.05) is 0 Å². The SMILES string of the molecule is CC(C)c1cc(C(C)(C)C)cc(C(C)C)c1N=C=Nc1c(C(C)C)cc(C(C)(C)C)cc1C(C)C. The van der Waals surface area contributed by atoms with Gasteiger partial charge in [-0.1, -0.05) is 121 Å². The third-order valence-electron chi connectivity index (χ3n) is 6.88. The first-order chi connectivity index (χ1) is 15.9. The average Bonchev–Trinajstić information content (AvgIpc) is 2.71. The predicted molar refractivity (Wildman–Crippen MR) is 156 cm³/mol. The second-order valence-electron chi connectivity index (χ2n) is 13.4. The molecular formula is C33H50N2. The molecule has 0 bridgehead atoms. The van der Waals surface area contributed by atoms with Gasteiger partial charge in [0.05, 0.1) is 11.4 Å². The topological polar surface area (TPSA) is 24.7 Å². The van der Waals surface area contributed by atoms with Crippen LogP contribution >= 0.6 is 0 Å². The molecule has 2 aromatic rings. The molecule has 2 rings (SSSR count). The van der Waals surface area contributed by atoms with E-state index in [0.717, 1.165) is 11.4 Å². The Kier molecular flexibility index (Phi) is 8.99. The molecular weight excluding hydrogens is 424 g/mol. The molecule has 0 heterocycles. The molecule has 0 aliphatic heterocycles. The zero-order valence-corrected chi connectivity index (χ0v) is 25.0. The molecule has 0 aliphatic carbocycles. The van der Waals surface area contributed by atoms with E-state index in [4.69, 9.17) is 9.98 Å². The fraction of sp³-hybridized carbons (Fsp3) is 0.606. The van der Waals surface area contributed by atoms with Gasteiger partial charge in [-0.05, 0) is 67.9 Å². The summed E-state index contributed by atoms with van der Waals surface area (Å²) in [5.74, 6) is 1.50. The fourth-order valence-corrected chi connectivity index (χ4v) is 4.37. The van der Waals surface area contributed by atoms with Crippen LogP contribution in [0.3, 0.4) is 0 Å². The standard InChI is InChI=1S/C33H50N2/c1-20(2)26-15-24(32(9,10)11)16-27(21(3)4)30(26)34-19-35-31-28(22(5)6)17-25(33(12,13)14)18-29(31)23(7)8/h15-18,20-23H,1-14H3. The summed E-state index contributed by atoms with van der Waals surface area (Å²) in [5, 5.41) is 0. The van der Waals surface area contributed by atoms with Gasteiger partial charge in [-0.25, -0.2) is 0 Å². The first-order valence-corrected chi connectivity index (χ1v) is 13.5. The number of hydrogen-bond acceptors (Lipinski definition) is 2. The molecule has 192 valence electrons. The van der Waals surface area contributed by atoms with Crippen molar-refractivity contribution in [3.05, 3.63) is 57.6 Å². The lowest BCUT2D eigenvalue weighted by Crippen LogP contribution is -2.13. The molecule has 0 aromatic heterocycles. The lowest BCUT2D eigenvalue weighted by molar-refractivity contribution is 0.586. The van der Waals surface area contributed by atoms with Crippen LogP contribution in [0.2, 0.25) is 0 Å². The second kappa shape index (κ2) is 10.8. The van der Waals surface area contributed by atoms with Gasteiger partial charge in [0.2, 0.25) is 0 Å². The van der Waals surface area contributed by atoms with E-state index in [9.17, 15) is 0 Å². The van der Waals surface area contributed by atoms with E-state index in [1.165, 1.54) is 33.4 Å². The summed E-state index contributed by atoms with van der Waals surface area (Å²) in [4.78, 5) is 9.85. The molecule has 0 aliphatic rings. The molecule has 0 amide bonds. The quantitative estimate of drug-likeness (QED) is 0.372. The first-order valence-electron chi connectivity index (χ1n) is 13.5. The molecule has 0 saturated heterocycles. The maximum atomic E-state index is 4.92. The normalized spacial score (nSPS) is 12.6. The minimum atomic E-state index is 0.0940. The van der Waals surface area contributed by atoms with Gasteiger partial charge in [0.1, 0.15) is 6.01 Å². The van der Waals surface area contributed by atoms with Crippen LogP contribution in [-0.4, -0.2) is 6.01 Å². The van der Waals surface area contributed by atoms with Crippen molar-refractivity contribution in [2.45, 2.75) is 131 Å². The Morgan fingerprint density at radius 3 is 0.886 bits per heavy atom. The van der Waals surface area contributed by atoms with Gasteiger partial charge in [-0.15, -0.1) is 0 Å². The Morgan fingerprint density at radius 2 is 0.714 bits per heavy atom. The number of rotatable bonds is 6. The molecule has 0 saturated carbocycles. The second-order valence-corrected chi connectivity index (χ2v) is 13.4. The average molecular weight is 475 g/mol. The van der Waals surface area contributed by atoms with Crippen LogP contribution in [0.4, 0.5) is 11.4 Å². The highest BCUT2D eigenvalue weighted by molar-refractivity contribution is 5.68. The van der Waals surface area contributed by atoms with Crippen molar-refractivity contribution in [2.24, 2.45) is 9.98 Å². The first kappa shape index (κ1) is 29.1. The lowest BCUT2D eigenvalue weighted by atomic mass is 9.81. The fourth-order valence-electron chi connectivity index (χ4n) is 4.37. The van der Waals surface area contributed by atoms with Gasteiger partial charge >= 0.3 is 0 Å². The number of hydrogen-bond donors (Lipinski definition) is 0. The highest BCUT2D eigenvalue weighted by Crippen LogP contribution is 2.41. The van der Waals surface area contributed by atoms with Crippen molar-refractivity contribution in [3.8, 4) is 0 Å². The molecule has 2 nitrogen and oxygen atoms in total. The molecule has 0 radical (unpaired) electrons. The largest absolute Gasteiger partial charge is 0.187 e. The highest BCUT2D eigenvalue weighted by atomic mass is 14.8. The van der Waals surface area contributed by atoms with Crippen molar-refractivity contribution in [3.63, 3.8) is 0 Å². The summed E-state index contributed by atoms with van der Waals surface area (Å²) in [5.41, 5.74) is 10.1. The summed E-state index contributed by atoms with van der Waals surface area (Å²) >= 11 is 0.